The molecule has 0 saturated carbocycles. The van der Waals surface area contributed by atoms with Gasteiger partial charge in [-0.05, 0) is 36.5 Å². The molecule has 0 bridgehead atoms. The minimum atomic E-state index is -1.08. The summed E-state index contributed by atoms with van der Waals surface area (Å²) in [5.74, 6) is -0.649. The fourth-order valence-electron chi connectivity index (χ4n) is 3.48. The van der Waals surface area contributed by atoms with Crippen molar-refractivity contribution in [2.24, 2.45) is 5.92 Å². The molecule has 0 saturated heterocycles. The predicted octanol–water partition coefficient (Wildman–Crippen LogP) is 1.91. The van der Waals surface area contributed by atoms with Gasteiger partial charge in [0.2, 0.25) is 11.9 Å². The van der Waals surface area contributed by atoms with E-state index in [1.54, 1.807) is 13.8 Å². The molecule has 2 heterocycles. The van der Waals surface area contributed by atoms with Crippen LogP contribution in [0.1, 0.15) is 20.3 Å². The lowest BCUT2D eigenvalue weighted by Gasteiger charge is -2.26. The molecule has 1 aliphatic rings. The lowest BCUT2D eigenvalue weighted by atomic mass is 10.0. The third-order valence-corrected chi connectivity index (χ3v) is 5.77. The Morgan fingerprint density at radius 1 is 1.20 bits per heavy atom. The molecule has 2 atom stereocenters. The van der Waals surface area contributed by atoms with E-state index in [4.69, 9.17) is 0 Å². The summed E-state index contributed by atoms with van der Waals surface area (Å²) in [4.78, 5) is 43.2. The number of imidazole rings is 1. The number of nitrogens with zero attached hydrogens (tertiary/aromatic N) is 3. The topological polar surface area (TPSA) is 117 Å². The van der Waals surface area contributed by atoms with Crippen molar-refractivity contribution in [3.8, 4) is 0 Å². The molecule has 30 heavy (non-hydrogen) atoms. The number of aliphatic carboxylic acids is 1. The first kappa shape index (κ1) is 21.9. The van der Waals surface area contributed by atoms with E-state index in [0.717, 1.165) is 11.0 Å². The van der Waals surface area contributed by atoms with Crippen LogP contribution in [0.15, 0.2) is 24.3 Å². The third kappa shape index (κ3) is 4.53. The average Bonchev–Trinajstić information content (AvgIpc) is 3.27. The number of benzene rings is 1. The van der Waals surface area contributed by atoms with Crippen molar-refractivity contribution < 1.29 is 19.5 Å². The molecule has 1 aliphatic heterocycles. The number of hydrogen-bond donors (Lipinski definition) is 3. The van der Waals surface area contributed by atoms with Gasteiger partial charge in [-0.3, -0.25) is 9.69 Å². The van der Waals surface area contributed by atoms with Gasteiger partial charge in [-0.15, -0.1) is 0 Å². The fraction of sp³-hybridized carbons (Fsp3) is 0.500. The van der Waals surface area contributed by atoms with Gasteiger partial charge in [0.05, 0.1) is 11.0 Å². The molecular formula is C20H27N5O4S. The molecule has 0 radical (unpaired) electrons. The highest BCUT2D eigenvalue weighted by Crippen LogP contribution is 2.27. The van der Waals surface area contributed by atoms with Crippen LogP contribution in [0, 0.1) is 5.92 Å². The van der Waals surface area contributed by atoms with Crippen molar-refractivity contribution in [2.75, 3.05) is 23.5 Å². The summed E-state index contributed by atoms with van der Waals surface area (Å²) < 4.78 is 1.97. The zero-order valence-electron chi connectivity index (χ0n) is 17.3. The van der Waals surface area contributed by atoms with Crippen molar-refractivity contribution in [1.29, 1.82) is 0 Å². The molecule has 9 nitrogen and oxygen atoms in total. The first-order chi connectivity index (χ1) is 14.3. The quantitative estimate of drug-likeness (QED) is 0.586. The summed E-state index contributed by atoms with van der Waals surface area (Å²) in [6.07, 6.45) is 2.19. The van der Waals surface area contributed by atoms with Crippen LogP contribution in [0.25, 0.3) is 11.0 Å². The number of anilines is 1. The lowest BCUT2D eigenvalue weighted by molar-refractivity contribution is -0.142. The van der Waals surface area contributed by atoms with Gasteiger partial charge in [0.15, 0.2) is 0 Å². The lowest BCUT2D eigenvalue weighted by Crippen LogP contribution is -2.56. The van der Waals surface area contributed by atoms with Crippen LogP contribution in [0.3, 0.4) is 0 Å². The zero-order valence-corrected chi connectivity index (χ0v) is 18.1. The van der Waals surface area contributed by atoms with Crippen molar-refractivity contribution >= 4 is 46.7 Å². The number of carboxylic acid groups (broad SMARTS) is 1. The van der Waals surface area contributed by atoms with E-state index in [2.05, 4.69) is 15.6 Å². The molecule has 1 aromatic heterocycles. The highest BCUT2D eigenvalue weighted by Gasteiger charge is 2.33. The van der Waals surface area contributed by atoms with Crippen molar-refractivity contribution in [3.63, 3.8) is 0 Å². The monoisotopic (exact) mass is 433 g/mol. The molecule has 162 valence electrons. The summed E-state index contributed by atoms with van der Waals surface area (Å²) in [5, 5.41) is 14.7. The van der Waals surface area contributed by atoms with Crippen molar-refractivity contribution in [2.45, 2.75) is 38.9 Å². The number of urea groups is 1. The third-order valence-electron chi connectivity index (χ3n) is 5.12. The Bertz CT molecular complexity index is 944. The molecule has 0 fully saturated rings. The number of rotatable bonds is 8. The second-order valence-electron chi connectivity index (χ2n) is 7.56. The SMILES string of the molecule is CSCC[C@H](NC(=O)[C@@H](NC(=O)N1CCn2c1nc1ccccc12)C(C)C)C(=O)O. The van der Waals surface area contributed by atoms with E-state index in [9.17, 15) is 19.5 Å². The smallest absolute Gasteiger partial charge is 0.326 e. The van der Waals surface area contributed by atoms with Crippen molar-refractivity contribution in [3.05, 3.63) is 24.3 Å². The molecular weight excluding hydrogens is 406 g/mol. The first-order valence-corrected chi connectivity index (χ1v) is 11.3. The maximum atomic E-state index is 13.0. The minimum absolute atomic E-state index is 0.217. The van der Waals surface area contributed by atoms with E-state index in [0.29, 0.717) is 31.2 Å². The molecule has 3 N–H and O–H groups in total. The standard InChI is InChI=1S/C20H27N5O4S/c1-12(2)16(17(26)21-14(18(27)28)8-11-30-3)23-20(29)25-10-9-24-15-7-5-4-6-13(15)22-19(24)25/h4-7,12,14,16H,8-11H2,1-3H3,(H,21,26)(H,23,29)(H,27,28)/t14-,16-/m0/s1. The Morgan fingerprint density at radius 2 is 1.93 bits per heavy atom. The van der Waals surface area contributed by atoms with Gasteiger partial charge >= 0.3 is 12.0 Å². The summed E-state index contributed by atoms with van der Waals surface area (Å²) >= 11 is 1.51. The highest BCUT2D eigenvalue weighted by atomic mass is 32.2. The normalized spacial score (nSPS) is 15.1. The van der Waals surface area contributed by atoms with Crippen LogP contribution in [-0.2, 0) is 16.1 Å². The van der Waals surface area contributed by atoms with E-state index in [-0.39, 0.29) is 5.92 Å². The summed E-state index contributed by atoms with van der Waals surface area (Å²) in [6.45, 7) is 4.69. The summed E-state index contributed by atoms with van der Waals surface area (Å²) in [7, 11) is 0. The van der Waals surface area contributed by atoms with Crippen LogP contribution >= 0.6 is 11.8 Å². The van der Waals surface area contributed by atoms with Gasteiger partial charge in [-0.1, -0.05) is 26.0 Å². The number of carbonyl (C=O) groups is 3. The van der Waals surface area contributed by atoms with Gasteiger partial charge in [0.1, 0.15) is 12.1 Å². The Balaban J connectivity index is 1.72. The Labute approximate surface area is 179 Å². The Kier molecular flexibility index (Phi) is 6.86. The zero-order chi connectivity index (χ0) is 21.8. The molecule has 0 aliphatic carbocycles. The second kappa shape index (κ2) is 9.38. The number of thioether (sulfide) groups is 1. The second-order valence-corrected chi connectivity index (χ2v) is 8.54. The maximum Gasteiger partial charge on any atom is 0.326 e. The number of carboxylic acids is 1. The van der Waals surface area contributed by atoms with Crippen LogP contribution in [-0.4, -0.2) is 63.2 Å². The van der Waals surface area contributed by atoms with Crippen molar-refractivity contribution in [1.82, 2.24) is 20.2 Å². The first-order valence-electron chi connectivity index (χ1n) is 9.89. The fourth-order valence-corrected chi connectivity index (χ4v) is 3.95. The van der Waals surface area contributed by atoms with E-state index < -0.39 is 30.0 Å². The Morgan fingerprint density at radius 3 is 2.60 bits per heavy atom. The Hall–Kier alpha value is -2.75. The number of fused-ring (bicyclic) bond motifs is 3. The van der Waals surface area contributed by atoms with Gasteiger partial charge in [0, 0.05) is 13.1 Å². The molecule has 3 rings (SSSR count). The predicted molar refractivity (Wildman–Crippen MR) is 117 cm³/mol. The highest BCUT2D eigenvalue weighted by molar-refractivity contribution is 7.98. The molecule has 10 heteroatoms. The van der Waals surface area contributed by atoms with Gasteiger partial charge in [-0.25, -0.2) is 14.6 Å². The summed E-state index contributed by atoms with van der Waals surface area (Å²) in [6, 6.07) is 5.40. The molecule has 2 aromatic rings. The number of amides is 3. The summed E-state index contributed by atoms with van der Waals surface area (Å²) in [5.41, 5.74) is 1.76. The number of nitrogens with one attached hydrogen (secondary N) is 2. The minimum Gasteiger partial charge on any atom is -0.480 e. The molecule has 1 aromatic carbocycles. The number of para-hydroxylation sites is 2. The number of aromatic nitrogens is 2. The van der Waals surface area contributed by atoms with Crippen LogP contribution in [0.2, 0.25) is 0 Å². The largest absolute Gasteiger partial charge is 0.480 e. The van der Waals surface area contributed by atoms with Gasteiger partial charge in [-0.2, -0.15) is 11.8 Å². The average molecular weight is 434 g/mol. The molecule has 3 amide bonds. The van der Waals surface area contributed by atoms with Gasteiger partial charge in [0.25, 0.3) is 0 Å². The number of hydrogen-bond acceptors (Lipinski definition) is 5. The molecule has 0 spiro atoms. The van der Waals surface area contributed by atoms with Crippen LogP contribution < -0.4 is 15.5 Å². The number of carbonyl (C=O) groups excluding carboxylic acids is 2. The van der Waals surface area contributed by atoms with Crippen LogP contribution in [0.5, 0.6) is 0 Å². The van der Waals surface area contributed by atoms with Crippen LogP contribution in [0.4, 0.5) is 10.7 Å². The van der Waals surface area contributed by atoms with E-state index in [1.165, 1.54) is 16.7 Å². The molecule has 0 unspecified atom stereocenters. The van der Waals surface area contributed by atoms with E-state index >= 15 is 0 Å². The van der Waals surface area contributed by atoms with Gasteiger partial charge < -0.3 is 20.3 Å². The van der Waals surface area contributed by atoms with E-state index in [1.807, 2.05) is 35.1 Å². The maximum absolute atomic E-state index is 13.0.